The second-order valence-electron chi connectivity index (χ2n) is 5.07. The monoisotopic (exact) mass is 315 g/mol. The standard InChI is InChI=1S/C16H17N3O4/c20-15(18-8-10-22-11-9-18)12-23-16(21)13-2-4-14(5-3-13)19-7-1-6-17-19/h1-7H,8-12H2. The van der Waals surface area contributed by atoms with Gasteiger partial charge in [0, 0.05) is 25.5 Å². The Balaban J connectivity index is 1.54. The summed E-state index contributed by atoms with van der Waals surface area (Å²) in [6.45, 7) is 1.87. The fourth-order valence-corrected chi connectivity index (χ4v) is 2.29. The topological polar surface area (TPSA) is 73.7 Å². The van der Waals surface area contributed by atoms with Crippen LogP contribution in [0.4, 0.5) is 0 Å². The van der Waals surface area contributed by atoms with Crippen LogP contribution in [-0.4, -0.2) is 59.5 Å². The van der Waals surface area contributed by atoms with Gasteiger partial charge < -0.3 is 14.4 Å². The summed E-state index contributed by atoms with van der Waals surface area (Å²) < 4.78 is 11.9. The Hall–Kier alpha value is -2.67. The fourth-order valence-electron chi connectivity index (χ4n) is 2.29. The van der Waals surface area contributed by atoms with Crippen molar-refractivity contribution < 1.29 is 19.1 Å². The number of nitrogens with zero attached hydrogens (tertiary/aromatic N) is 3. The minimum absolute atomic E-state index is 0.199. The summed E-state index contributed by atoms with van der Waals surface area (Å²) in [5.41, 5.74) is 1.24. The number of carbonyl (C=O) groups is 2. The van der Waals surface area contributed by atoms with Crippen molar-refractivity contribution in [3.05, 3.63) is 48.3 Å². The third-order valence-electron chi connectivity index (χ3n) is 3.56. The predicted molar refractivity (Wildman–Crippen MR) is 81.2 cm³/mol. The summed E-state index contributed by atoms with van der Waals surface area (Å²) in [4.78, 5) is 25.6. The molecule has 0 unspecified atom stereocenters. The van der Waals surface area contributed by atoms with E-state index in [9.17, 15) is 9.59 Å². The summed E-state index contributed by atoms with van der Waals surface area (Å²) in [6.07, 6.45) is 3.49. The first-order valence-corrected chi connectivity index (χ1v) is 7.37. The van der Waals surface area contributed by atoms with E-state index in [4.69, 9.17) is 9.47 Å². The fraction of sp³-hybridized carbons (Fsp3) is 0.312. The van der Waals surface area contributed by atoms with E-state index in [1.807, 2.05) is 12.3 Å². The van der Waals surface area contributed by atoms with E-state index < -0.39 is 5.97 Å². The normalized spacial score (nSPS) is 14.5. The number of hydrogen-bond donors (Lipinski definition) is 0. The van der Waals surface area contributed by atoms with Crippen LogP contribution < -0.4 is 0 Å². The highest BCUT2D eigenvalue weighted by atomic mass is 16.5. The van der Waals surface area contributed by atoms with Crippen molar-refractivity contribution >= 4 is 11.9 Å². The van der Waals surface area contributed by atoms with Crippen molar-refractivity contribution in [2.75, 3.05) is 32.9 Å². The van der Waals surface area contributed by atoms with Gasteiger partial charge in [-0.15, -0.1) is 0 Å². The Morgan fingerprint density at radius 3 is 2.57 bits per heavy atom. The summed E-state index contributed by atoms with van der Waals surface area (Å²) in [5, 5.41) is 4.11. The number of aromatic nitrogens is 2. The Bertz CT molecular complexity index is 661. The highest BCUT2D eigenvalue weighted by Crippen LogP contribution is 2.10. The van der Waals surface area contributed by atoms with Crippen molar-refractivity contribution in [3.63, 3.8) is 0 Å². The molecule has 1 aromatic carbocycles. The van der Waals surface area contributed by atoms with Gasteiger partial charge in [0.15, 0.2) is 6.61 Å². The molecule has 0 radical (unpaired) electrons. The molecule has 120 valence electrons. The van der Waals surface area contributed by atoms with E-state index in [1.165, 1.54) is 0 Å². The molecule has 1 aliphatic rings. The average molecular weight is 315 g/mol. The molecule has 0 bridgehead atoms. The van der Waals surface area contributed by atoms with Crippen molar-refractivity contribution in [3.8, 4) is 5.69 Å². The van der Waals surface area contributed by atoms with Crippen LogP contribution in [-0.2, 0) is 14.3 Å². The van der Waals surface area contributed by atoms with Gasteiger partial charge in [-0.05, 0) is 30.3 Å². The summed E-state index contributed by atoms with van der Waals surface area (Å²) >= 11 is 0. The largest absolute Gasteiger partial charge is 0.452 e. The maximum absolute atomic E-state index is 12.0. The lowest BCUT2D eigenvalue weighted by molar-refractivity contribution is -0.138. The van der Waals surface area contributed by atoms with E-state index >= 15 is 0 Å². The number of esters is 1. The number of ether oxygens (including phenoxy) is 2. The molecule has 0 atom stereocenters. The third kappa shape index (κ3) is 3.75. The molecule has 7 nitrogen and oxygen atoms in total. The molecule has 0 N–H and O–H groups in total. The Morgan fingerprint density at radius 2 is 1.91 bits per heavy atom. The predicted octanol–water partition coefficient (Wildman–Crippen LogP) is 0.888. The van der Waals surface area contributed by atoms with Crippen molar-refractivity contribution in [2.24, 2.45) is 0 Å². The maximum Gasteiger partial charge on any atom is 0.338 e. The third-order valence-corrected chi connectivity index (χ3v) is 3.56. The molecule has 7 heteroatoms. The minimum Gasteiger partial charge on any atom is -0.452 e. The molecule has 1 aliphatic heterocycles. The van der Waals surface area contributed by atoms with Crippen LogP contribution in [0.15, 0.2) is 42.7 Å². The molecule has 2 heterocycles. The van der Waals surface area contributed by atoms with Gasteiger partial charge in [-0.1, -0.05) is 0 Å². The second kappa shape index (κ2) is 7.06. The van der Waals surface area contributed by atoms with E-state index in [1.54, 1.807) is 40.0 Å². The molecule has 1 fully saturated rings. The van der Waals surface area contributed by atoms with E-state index in [0.29, 0.717) is 31.9 Å². The zero-order valence-corrected chi connectivity index (χ0v) is 12.6. The van der Waals surface area contributed by atoms with Gasteiger partial charge in [0.2, 0.25) is 0 Å². The van der Waals surface area contributed by atoms with Gasteiger partial charge in [0.05, 0.1) is 24.5 Å². The average Bonchev–Trinajstić information content (AvgIpc) is 3.15. The first kappa shape index (κ1) is 15.2. The van der Waals surface area contributed by atoms with E-state index in [0.717, 1.165) is 5.69 Å². The summed E-state index contributed by atoms with van der Waals surface area (Å²) in [6, 6.07) is 8.66. The Morgan fingerprint density at radius 1 is 1.17 bits per heavy atom. The van der Waals surface area contributed by atoms with Gasteiger partial charge in [0.1, 0.15) is 0 Å². The van der Waals surface area contributed by atoms with Crippen molar-refractivity contribution in [2.45, 2.75) is 0 Å². The SMILES string of the molecule is O=C(OCC(=O)N1CCOCC1)c1ccc(-n2cccn2)cc1. The number of benzene rings is 1. The highest BCUT2D eigenvalue weighted by Gasteiger charge is 2.18. The van der Waals surface area contributed by atoms with Gasteiger partial charge in [-0.3, -0.25) is 4.79 Å². The minimum atomic E-state index is -0.515. The zero-order chi connectivity index (χ0) is 16.1. The van der Waals surface area contributed by atoms with E-state index in [-0.39, 0.29) is 12.5 Å². The smallest absolute Gasteiger partial charge is 0.338 e. The van der Waals surface area contributed by atoms with Crippen LogP contribution in [0, 0.1) is 0 Å². The van der Waals surface area contributed by atoms with Crippen molar-refractivity contribution in [1.29, 1.82) is 0 Å². The molecule has 2 aromatic rings. The summed E-state index contributed by atoms with van der Waals surface area (Å²) in [7, 11) is 0. The van der Waals surface area contributed by atoms with Crippen LogP contribution in [0.1, 0.15) is 10.4 Å². The molecule has 23 heavy (non-hydrogen) atoms. The van der Waals surface area contributed by atoms with E-state index in [2.05, 4.69) is 5.10 Å². The van der Waals surface area contributed by atoms with Crippen LogP contribution in [0.3, 0.4) is 0 Å². The van der Waals surface area contributed by atoms with Crippen molar-refractivity contribution in [1.82, 2.24) is 14.7 Å². The van der Waals surface area contributed by atoms with Gasteiger partial charge in [-0.25, -0.2) is 9.48 Å². The molecular formula is C16H17N3O4. The molecule has 0 spiro atoms. The van der Waals surface area contributed by atoms with Crippen LogP contribution in [0.2, 0.25) is 0 Å². The number of carbonyl (C=O) groups excluding carboxylic acids is 2. The number of rotatable bonds is 4. The molecular weight excluding hydrogens is 298 g/mol. The lowest BCUT2D eigenvalue weighted by Gasteiger charge is -2.26. The first-order valence-electron chi connectivity index (χ1n) is 7.37. The first-order chi connectivity index (χ1) is 11.2. The molecule has 1 saturated heterocycles. The lowest BCUT2D eigenvalue weighted by Crippen LogP contribution is -2.42. The second-order valence-corrected chi connectivity index (χ2v) is 5.07. The van der Waals surface area contributed by atoms with Crippen LogP contribution >= 0.6 is 0 Å². The lowest BCUT2D eigenvalue weighted by atomic mass is 10.2. The number of morpholine rings is 1. The molecule has 0 aliphatic carbocycles. The highest BCUT2D eigenvalue weighted by molar-refractivity contribution is 5.91. The number of hydrogen-bond acceptors (Lipinski definition) is 5. The van der Waals surface area contributed by atoms with Gasteiger partial charge in [-0.2, -0.15) is 5.10 Å². The quantitative estimate of drug-likeness (QED) is 0.783. The van der Waals surface area contributed by atoms with Gasteiger partial charge in [0.25, 0.3) is 5.91 Å². The summed E-state index contributed by atoms with van der Waals surface area (Å²) in [5.74, 6) is -0.714. The van der Waals surface area contributed by atoms with Gasteiger partial charge >= 0.3 is 5.97 Å². The number of amides is 1. The Labute approximate surface area is 133 Å². The Kier molecular flexibility index (Phi) is 4.68. The maximum atomic E-state index is 12.0. The molecule has 0 saturated carbocycles. The molecule has 3 rings (SSSR count). The molecule has 1 aromatic heterocycles. The molecule has 1 amide bonds. The van der Waals surface area contributed by atoms with Crippen LogP contribution in [0.25, 0.3) is 5.69 Å². The zero-order valence-electron chi connectivity index (χ0n) is 12.6. The van der Waals surface area contributed by atoms with Crippen LogP contribution in [0.5, 0.6) is 0 Å².